The van der Waals surface area contributed by atoms with Crippen molar-refractivity contribution in [2.75, 3.05) is 12.3 Å². The molecule has 2 amide bonds. The Bertz CT molecular complexity index is 1170. The molecule has 0 radical (unpaired) electrons. The third-order valence-corrected chi connectivity index (χ3v) is 6.92. The lowest BCUT2D eigenvalue weighted by molar-refractivity contribution is -0.384. The van der Waals surface area contributed by atoms with Crippen LogP contribution < -0.4 is 5.32 Å². The zero-order chi connectivity index (χ0) is 26.6. The van der Waals surface area contributed by atoms with Crippen molar-refractivity contribution < 1.29 is 14.5 Å². The third kappa shape index (κ3) is 8.75. The van der Waals surface area contributed by atoms with E-state index in [1.54, 1.807) is 17.0 Å². The molecule has 3 aromatic carbocycles. The van der Waals surface area contributed by atoms with Crippen LogP contribution in [0.4, 0.5) is 5.69 Å². The molecule has 3 aromatic rings. The Kier molecular flexibility index (Phi) is 10.7. The van der Waals surface area contributed by atoms with E-state index in [9.17, 15) is 19.7 Å². The third-order valence-electron chi connectivity index (χ3n) is 5.94. The lowest BCUT2D eigenvalue weighted by Gasteiger charge is -2.31. The highest BCUT2D eigenvalue weighted by Gasteiger charge is 2.30. The zero-order valence-corrected chi connectivity index (χ0v) is 22.1. The first-order chi connectivity index (χ1) is 17.9. The second kappa shape index (κ2) is 14.2. The van der Waals surface area contributed by atoms with Gasteiger partial charge in [0.05, 0.1) is 10.7 Å². The van der Waals surface area contributed by atoms with E-state index in [4.69, 9.17) is 0 Å². The predicted molar refractivity (Wildman–Crippen MR) is 148 cm³/mol. The molecule has 1 atom stereocenters. The highest BCUT2D eigenvalue weighted by atomic mass is 32.2. The van der Waals surface area contributed by atoms with Crippen molar-refractivity contribution in [1.29, 1.82) is 0 Å². The molecule has 0 saturated heterocycles. The normalized spacial score (nSPS) is 11.5. The molecular weight excluding hydrogens is 486 g/mol. The van der Waals surface area contributed by atoms with Crippen molar-refractivity contribution in [3.8, 4) is 0 Å². The first-order valence-electron chi connectivity index (χ1n) is 12.3. The largest absolute Gasteiger partial charge is 0.354 e. The first-order valence-corrected chi connectivity index (χ1v) is 13.5. The minimum atomic E-state index is -0.650. The van der Waals surface area contributed by atoms with Gasteiger partial charge in [0.25, 0.3) is 5.69 Å². The van der Waals surface area contributed by atoms with Crippen molar-refractivity contribution in [2.24, 2.45) is 0 Å². The van der Waals surface area contributed by atoms with Crippen LogP contribution in [0, 0.1) is 17.0 Å². The molecule has 0 fully saturated rings. The van der Waals surface area contributed by atoms with Crippen molar-refractivity contribution >= 4 is 29.3 Å². The fourth-order valence-electron chi connectivity index (χ4n) is 3.86. The van der Waals surface area contributed by atoms with E-state index in [2.05, 4.69) is 5.32 Å². The Morgan fingerprint density at radius 3 is 2.22 bits per heavy atom. The van der Waals surface area contributed by atoms with E-state index in [1.807, 2.05) is 68.4 Å². The van der Waals surface area contributed by atoms with Gasteiger partial charge in [-0.05, 0) is 30.0 Å². The number of thioether (sulfide) groups is 1. The number of nitro benzene ring substituents is 1. The number of nitro groups is 1. The summed E-state index contributed by atoms with van der Waals surface area (Å²) >= 11 is 1.43. The Morgan fingerprint density at radius 1 is 0.946 bits per heavy atom. The van der Waals surface area contributed by atoms with E-state index < -0.39 is 11.0 Å². The van der Waals surface area contributed by atoms with Crippen LogP contribution >= 0.6 is 11.8 Å². The van der Waals surface area contributed by atoms with Gasteiger partial charge in [-0.3, -0.25) is 19.7 Å². The Morgan fingerprint density at radius 2 is 1.59 bits per heavy atom. The van der Waals surface area contributed by atoms with Gasteiger partial charge in [0.2, 0.25) is 11.8 Å². The van der Waals surface area contributed by atoms with Gasteiger partial charge in [0.15, 0.2) is 0 Å². The number of carbonyl (C=O) groups is 2. The smallest absolute Gasteiger partial charge is 0.269 e. The van der Waals surface area contributed by atoms with E-state index in [0.717, 1.165) is 28.7 Å². The number of non-ortho nitro benzene ring substituents is 1. The van der Waals surface area contributed by atoms with Crippen molar-refractivity contribution in [2.45, 2.75) is 45.0 Å². The lowest BCUT2D eigenvalue weighted by Crippen LogP contribution is -2.51. The van der Waals surface area contributed by atoms with Gasteiger partial charge in [-0.1, -0.05) is 79.2 Å². The van der Waals surface area contributed by atoms with Gasteiger partial charge in [-0.25, -0.2) is 0 Å². The number of aryl methyl sites for hydroxylation is 1. The number of hydrogen-bond donors (Lipinski definition) is 1. The summed E-state index contributed by atoms with van der Waals surface area (Å²) in [7, 11) is 0. The number of nitrogens with one attached hydrogen (secondary N) is 1. The number of carbonyl (C=O) groups excluding carboxylic acids is 2. The quantitative estimate of drug-likeness (QED) is 0.244. The molecular formula is C29H33N3O4S. The van der Waals surface area contributed by atoms with E-state index >= 15 is 0 Å². The predicted octanol–water partition coefficient (Wildman–Crippen LogP) is 5.30. The summed E-state index contributed by atoms with van der Waals surface area (Å²) in [5.41, 5.74) is 4.01. The van der Waals surface area contributed by atoms with Crippen LogP contribution in [0.5, 0.6) is 0 Å². The monoisotopic (exact) mass is 519 g/mol. The number of nitrogens with zero attached hydrogens (tertiary/aromatic N) is 2. The van der Waals surface area contributed by atoms with Gasteiger partial charge in [0.1, 0.15) is 6.04 Å². The molecule has 0 unspecified atom stereocenters. The summed E-state index contributed by atoms with van der Waals surface area (Å²) in [4.78, 5) is 39.1. The number of hydrogen-bond acceptors (Lipinski definition) is 5. The van der Waals surface area contributed by atoms with E-state index in [0.29, 0.717) is 25.3 Å². The van der Waals surface area contributed by atoms with Crippen LogP contribution in [-0.2, 0) is 28.3 Å². The first kappa shape index (κ1) is 27.9. The van der Waals surface area contributed by atoms with Crippen LogP contribution in [0.1, 0.15) is 35.6 Å². The average Bonchev–Trinajstić information content (AvgIpc) is 2.91. The highest BCUT2D eigenvalue weighted by molar-refractivity contribution is 7.99. The van der Waals surface area contributed by atoms with Crippen LogP contribution in [0.25, 0.3) is 0 Å². The summed E-state index contributed by atoms with van der Waals surface area (Å²) < 4.78 is 0. The second-order valence-electron chi connectivity index (χ2n) is 8.92. The van der Waals surface area contributed by atoms with Crippen LogP contribution in [0.2, 0.25) is 0 Å². The van der Waals surface area contributed by atoms with Crippen molar-refractivity contribution in [3.63, 3.8) is 0 Å². The number of amides is 2. The molecule has 194 valence electrons. The Balaban J connectivity index is 1.80. The van der Waals surface area contributed by atoms with Gasteiger partial charge in [0, 0.05) is 37.4 Å². The molecule has 0 aromatic heterocycles. The summed E-state index contributed by atoms with van der Waals surface area (Å²) in [6.07, 6.45) is 1.22. The topological polar surface area (TPSA) is 92.6 Å². The summed E-state index contributed by atoms with van der Waals surface area (Å²) in [6, 6.07) is 23.4. The number of rotatable bonds is 13. The maximum Gasteiger partial charge on any atom is 0.269 e. The molecule has 8 heteroatoms. The second-order valence-corrected chi connectivity index (χ2v) is 9.91. The molecule has 0 spiro atoms. The standard InChI is InChI=1S/C29H33N3O4S/c1-3-17-30-29(34)27(18-23-7-5-4-6-8-23)31(19-24-11-9-22(2)10-12-24)28(33)21-37-20-25-13-15-26(16-14-25)32(35)36/h4-16,27H,3,17-21H2,1-2H3,(H,30,34)/t27-/m1/s1. The van der Waals surface area contributed by atoms with Gasteiger partial charge < -0.3 is 10.2 Å². The molecule has 7 nitrogen and oxygen atoms in total. The van der Waals surface area contributed by atoms with Gasteiger partial charge >= 0.3 is 0 Å². The zero-order valence-electron chi connectivity index (χ0n) is 21.3. The highest BCUT2D eigenvalue weighted by Crippen LogP contribution is 2.20. The molecule has 0 bridgehead atoms. The molecule has 0 heterocycles. The molecule has 37 heavy (non-hydrogen) atoms. The molecule has 0 aliphatic heterocycles. The molecule has 0 aliphatic carbocycles. The van der Waals surface area contributed by atoms with Gasteiger partial charge in [-0.15, -0.1) is 11.8 Å². The summed E-state index contributed by atoms with van der Waals surface area (Å²) in [5.74, 6) is 0.439. The molecule has 3 rings (SSSR count). The SMILES string of the molecule is CCCNC(=O)[C@@H](Cc1ccccc1)N(Cc1ccc(C)cc1)C(=O)CSCc1ccc([N+](=O)[O-])cc1. The van der Waals surface area contributed by atoms with Crippen LogP contribution in [0.3, 0.4) is 0 Å². The fraction of sp³-hybridized carbons (Fsp3) is 0.310. The minimum Gasteiger partial charge on any atom is -0.354 e. The van der Waals surface area contributed by atoms with Crippen molar-refractivity contribution in [3.05, 3.63) is 111 Å². The van der Waals surface area contributed by atoms with Crippen LogP contribution in [0.15, 0.2) is 78.9 Å². The molecule has 0 saturated carbocycles. The van der Waals surface area contributed by atoms with E-state index in [1.165, 1.54) is 23.9 Å². The van der Waals surface area contributed by atoms with E-state index in [-0.39, 0.29) is 23.3 Å². The molecule has 0 aliphatic rings. The minimum absolute atomic E-state index is 0.0379. The van der Waals surface area contributed by atoms with Crippen LogP contribution in [-0.4, -0.2) is 40.0 Å². The Hall–Kier alpha value is -3.65. The molecule has 1 N–H and O–H groups in total. The number of benzene rings is 3. The summed E-state index contributed by atoms with van der Waals surface area (Å²) in [5, 5.41) is 13.9. The fourth-order valence-corrected chi connectivity index (χ4v) is 4.73. The average molecular weight is 520 g/mol. The maximum atomic E-state index is 13.6. The maximum absolute atomic E-state index is 13.6. The lowest BCUT2D eigenvalue weighted by atomic mass is 10.0. The van der Waals surface area contributed by atoms with Crippen molar-refractivity contribution in [1.82, 2.24) is 10.2 Å². The van der Waals surface area contributed by atoms with Gasteiger partial charge in [-0.2, -0.15) is 0 Å². The summed E-state index contributed by atoms with van der Waals surface area (Å²) in [6.45, 7) is 4.88. The Labute approximate surface area is 222 Å².